The highest BCUT2D eigenvalue weighted by Gasteiger charge is 2.36. The topological polar surface area (TPSA) is 151 Å². The van der Waals surface area contributed by atoms with Crippen LogP contribution < -0.4 is 21.7 Å². The van der Waals surface area contributed by atoms with Gasteiger partial charge in [0.15, 0.2) is 5.82 Å². The van der Waals surface area contributed by atoms with Gasteiger partial charge in [-0.1, -0.05) is 66.5 Å². The Balaban J connectivity index is 0.00000379. The van der Waals surface area contributed by atoms with Gasteiger partial charge in [-0.15, -0.1) is 6.42 Å². The molecule has 278 valence electrons. The molecule has 0 bridgehead atoms. The second kappa shape index (κ2) is 24.5. The smallest absolute Gasteiger partial charge is 0.382 e. The van der Waals surface area contributed by atoms with Crippen molar-refractivity contribution in [2.75, 3.05) is 45.1 Å². The van der Waals surface area contributed by atoms with Crippen molar-refractivity contribution in [1.82, 2.24) is 35.4 Å². The number of hydrogen-bond donors (Lipinski definition) is 4. The van der Waals surface area contributed by atoms with E-state index in [9.17, 15) is 22.8 Å². The number of nitrogens with two attached hydrogens (primary N) is 1. The van der Waals surface area contributed by atoms with Crippen LogP contribution in [0.4, 0.5) is 23.8 Å². The van der Waals surface area contributed by atoms with Crippen LogP contribution in [0.2, 0.25) is 0 Å². The number of hydrogen-bond acceptors (Lipinski definition) is 8. The lowest BCUT2D eigenvalue weighted by Gasteiger charge is -2.26. The Bertz CT molecular complexity index is 1490. The summed E-state index contributed by atoms with van der Waals surface area (Å²) in [6.45, 7) is 20.2. The molecule has 15 heteroatoms. The van der Waals surface area contributed by atoms with Crippen molar-refractivity contribution in [3.05, 3.63) is 59.7 Å². The van der Waals surface area contributed by atoms with E-state index in [0.29, 0.717) is 42.9 Å². The summed E-state index contributed by atoms with van der Waals surface area (Å²) in [5.41, 5.74) is 7.67. The van der Waals surface area contributed by atoms with Gasteiger partial charge in [-0.3, -0.25) is 20.0 Å². The molecule has 1 aliphatic heterocycles. The summed E-state index contributed by atoms with van der Waals surface area (Å²) in [5, 5.41) is 11.9. The molecule has 3 amide bonds. The zero-order valence-electron chi connectivity index (χ0n) is 30.7. The molecule has 1 fully saturated rings. The van der Waals surface area contributed by atoms with E-state index < -0.39 is 24.2 Å². The monoisotopic (exact) mass is 705 g/mol. The first kappa shape index (κ1) is 45.3. The molecule has 1 aliphatic rings. The fourth-order valence-electron chi connectivity index (χ4n) is 4.34. The molecule has 2 aromatic rings. The van der Waals surface area contributed by atoms with E-state index in [1.54, 1.807) is 19.2 Å². The molecule has 0 radical (unpaired) electrons. The van der Waals surface area contributed by atoms with Crippen molar-refractivity contribution in [1.29, 1.82) is 0 Å². The molecule has 5 N–H and O–H groups in total. The normalized spacial score (nSPS) is 15.0. The summed E-state index contributed by atoms with van der Waals surface area (Å²) in [6, 6.07) is -2.89. The minimum absolute atomic E-state index is 0.157. The van der Waals surface area contributed by atoms with Gasteiger partial charge in [-0.2, -0.15) is 18.3 Å². The molecule has 3 heterocycles. The number of aliphatic imine (C=N–C) groups is 1. The predicted molar refractivity (Wildman–Crippen MR) is 195 cm³/mol. The number of nitrogens with zero attached hydrogens (tertiary/aromatic N) is 5. The summed E-state index contributed by atoms with van der Waals surface area (Å²) < 4.78 is 45.8. The highest BCUT2D eigenvalue weighted by atomic mass is 19.4. The van der Waals surface area contributed by atoms with Crippen molar-refractivity contribution in [3.63, 3.8) is 0 Å². The van der Waals surface area contributed by atoms with Crippen LogP contribution in [-0.2, 0) is 4.74 Å². The average Bonchev–Trinajstić information content (AvgIpc) is 3.51. The molecule has 0 spiro atoms. The van der Waals surface area contributed by atoms with Gasteiger partial charge in [0.2, 0.25) is 0 Å². The number of fused-ring (bicyclic) bond motifs is 1. The second-order valence-electron chi connectivity index (χ2n) is 9.83. The number of amides is 3. The number of morpholine rings is 1. The maximum absolute atomic E-state index is 13.3. The molecule has 1 saturated heterocycles. The van der Waals surface area contributed by atoms with E-state index in [1.165, 1.54) is 35.1 Å². The molecule has 2 atom stereocenters. The standard InChI is InChI=1S/C29H36F3N9O3.3C2H6/c1-5-7-21(38-28(43)39-23(8-6-2)37-20(4)29(30,31)32)10-9-19(3)24-22(17-41-25(24)26(33)35-18-36-41)27(42)34-11-12-40-13-15-44-16-14-40;3*1-2/h1,6-10,17-20H,11-16H2,2-4H3,(H,34,42)(H2,33,35,36)(H2,37,38,39,43);3*1-2H3/b8-6-,10-9-,21-7+;;;. The molecule has 2 unspecified atom stereocenters. The summed E-state index contributed by atoms with van der Waals surface area (Å²) in [5.74, 6) is 1.42. The minimum atomic E-state index is -4.57. The van der Waals surface area contributed by atoms with Crippen molar-refractivity contribution >= 4 is 29.1 Å². The highest BCUT2D eigenvalue weighted by molar-refractivity contribution is 6.04. The fraction of sp³-hybridized carbons (Fsp3) is 0.514. The van der Waals surface area contributed by atoms with Gasteiger partial charge in [0.25, 0.3) is 5.91 Å². The van der Waals surface area contributed by atoms with Crippen molar-refractivity contribution < 1.29 is 27.5 Å². The van der Waals surface area contributed by atoms with Gasteiger partial charge in [0, 0.05) is 49.9 Å². The first-order valence-electron chi connectivity index (χ1n) is 16.8. The third-order valence-corrected chi connectivity index (χ3v) is 6.59. The Labute approximate surface area is 294 Å². The van der Waals surface area contributed by atoms with Crippen LogP contribution in [0.3, 0.4) is 0 Å². The van der Waals surface area contributed by atoms with Crippen LogP contribution in [0.5, 0.6) is 0 Å². The fourth-order valence-corrected chi connectivity index (χ4v) is 4.34. The van der Waals surface area contributed by atoms with Gasteiger partial charge in [-0.25, -0.2) is 14.3 Å². The molecule has 0 saturated carbocycles. The summed E-state index contributed by atoms with van der Waals surface area (Å²) in [4.78, 5) is 35.7. The number of halogens is 3. The molecular formula is C35H54F3N9O3. The zero-order chi connectivity index (χ0) is 38.3. The lowest BCUT2D eigenvalue weighted by Crippen LogP contribution is -2.41. The number of aromatic nitrogens is 3. The third-order valence-electron chi connectivity index (χ3n) is 6.59. The number of anilines is 1. The number of nitrogens with one attached hydrogen (secondary N) is 3. The van der Waals surface area contributed by atoms with E-state index in [1.807, 2.05) is 48.5 Å². The number of rotatable bonds is 10. The predicted octanol–water partition coefficient (Wildman–Crippen LogP) is 5.85. The van der Waals surface area contributed by atoms with Gasteiger partial charge in [0.05, 0.1) is 24.5 Å². The van der Waals surface area contributed by atoms with Crippen LogP contribution in [-0.4, -0.2) is 88.9 Å². The lowest BCUT2D eigenvalue weighted by molar-refractivity contribution is -0.142. The number of ether oxygens (including phenoxy) is 1. The molecule has 12 nitrogen and oxygen atoms in total. The Morgan fingerprint density at radius 1 is 1.12 bits per heavy atom. The van der Waals surface area contributed by atoms with Crippen LogP contribution in [0, 0.1) is 12.3 Å². The van der Waals surface area contributed by atoms with Gasteiger partial charge in [0.1, 0.15) is 23.7 Å². The second-order valence-corrected chi connectivity index (χ2v) is 9.83. The summed E-state index contributed by atoms with van der Waals surface area (Å²) in [6.07, 6.45) is 10.9. The zero-order valence-corrected chi connectivity index (χ0v) is 30.7. The van der Waals surface area contributed by atoms with Crippen LogP contribution in [0.25, 0.3) is 5.52 Å². The van der Waals surface area contributed by atoms with Crippen molar-refractivity contribution in [2.45, 2.75) is 80.4 Å². The quantitative estimate of drug-likeness (QED) is 0.105. The first-order chi connectivity index (χ1) is 23.9. The SMILES string of the molecule is C#C/C=C(\C=C/C(C)c1c(C(=O)NCCN2CCOCC2)cn2ncnc(N)c12)NC(=O)NC(/C=C\C)=NC(C)C(F)(F)F.CC.CC.CC. The molecular weight excluding hydrogens is 651 g/mol. The number of allylic oxidation sites excluding steroid dienone is 4. The Kier molecular flexibility index (Phi) is 22.2. The molecule has 0 aliphatic carbocycles. The van der Waals surface area contributed by atoms with E-state index in [4.69, 9.17) is 16.9 Å². The average molecular weight is 706 g/mol. The van der Waals surface area contributed by atoms with Gasteiger partial charge < -0.3 is 21.1 Å². The third kappa shape index (κ3) is 14.8. The molecule has 3 rings (SSSR count). The van der Waals surface area contributed by atoms with Crippen molar-refractivity contribution in [3.8, 4) is 12.3 Å². The van der Waals surface area contributed by atoms with E-state index in [0.717, 1.165) is 20.0 Å². The summed E-state index contributed by atoms with van der Waals surface area (Å²) in [7, 11) is 0. The van der Waals surface area contributed by atoms with Gasteiger partial charge in [-0.05, 0) is 26.0 Å². The van der Waals surface area contributed by atoms with Crippen LogP contribution in [0.1, 0.15) is 84.2 Å². The first-order valence-corrected chi connectivity index (χ1v) is 16.8. The number of nitrogen functional groups attached to an aromatic ring is 1. The number of urea groups is 1. The lowest BCUT2D eigenvalue weighted by atomic mass is 9.96. The minimum Gasteiger partial charge on any atom is -0.382 e. The molecule has 2 aromatic heterocycles. The van der Waals surface area contributed by atoms with Gasteiger partial charge >= 0.3 is 12.2 Å². The largest absolute Gasteiger partial charge is 0.410 e. The Morgan fingerprint density at radius 3 is 2.34 bits per heavy atom. The van der Waals surface area contributed by atoms with E-state index in [-0.39, 0.29) is 23.3 Å². The van der Waals surface area contributed by atoms with E-state index >= 15 is 0 Å². The van der Waals surface area contributed by atoms with Crippen molar-refractivity contribution in [2.24, 2.45) is 4.99 Å². The highest BCUT2D eigenvalue weighted by Crippen LogP contribution is 2.30. The Morgan fingerprint density at radius 2 is 1.76 bits per heavy atom. The number of carbonyl (C=O) groups excluding carboxylic acids is 2. The molecule has 50 heavy (non-hydrogen) atoms. The van der Waals surface area contributed by atoms with E-state index in [2.05, 4.69) is 41.8 Å². The Hall–Kier alpha value is -4.68. The molecule has 0 aromatic carbocycles. The van der Waals surface area contributed by atoms with Crippen LogP contribution >= 0.6 is 0 Å². The number of amidine groups is 1. The number of terminal acetylenes is 1. The number of alkyl halides is 3. The number of carbonyl (C=O) groups is 2. The summed E-state index contributed by atoms with van der Waals surface area (Å²) >= 11 is 0. The van der Waals surface area contributed by atoms with Crippen LogP contribution in [0.15, 0.2) is 53.6 Å². The maximum Gasteiger partial charge on any atom is 0.410 e. The maximum atomic E-state index is 13.3.